The molecule has 0 spiro atoms. The second kappa shape index (κ2) is 7.45. The van der Waals surface area contributed by atoms with Crippen molar-refractivity contribution in [2.24, 2.45) is 0 Å². The van der Waals surface area contributed by atoms with Gasteiger partial charge in [-0.25, -0.2) is 4.39 Å². The molecule has 0 bridgehead atoms. The predicted octanol–water partition coefficient (Wildman–Crippen LogP) is 2.94. The van der Waals surface area contributed by atoms with Crippen LogP contribution < -0.4 is 10.2 Å². The number of anilines is 1. The van der Waals surface area contributed by atoms with E-state index in [1.807, 2.05) is 6.07 Å². The second-order valence-corrected chi connectivity index (χ2v) is 6.79. The summed E-state index contributed by atoms with van der Waals surface area (Å²) >= 11 is 1.12. The maximum absolute atomic E-state index is 13.2. The first-order valence-electron chi connectivity index (χ1n) is 7.72. The Kier molecular flexibility index (Phi) is 5.09. The van der Waals surface area contributed by atoms with E-state index < -0.39 is 17.0 Å². The van der Waals surface area contributed by atoms with Crippen molar-refractivity contribution in [1.29, 1.82) is 5.26 Å². The Morgan fingerprint density at radius 3 is 2.73 bits per heavy atom. The number of carbonyl (C=O) groups is 2. The molecule has 0 radical (unpaired) electrons. The molecule has 2 heterocycles. The van der Waals surface area contributed by atoms with Gasteiger partial charge in [-0.1, -0.05) is 11.8 Å². The van der Waals surface area contributed by atoms with E-state index in [4.69, 9.17) is 4.42 Å². The first-order chi connectivity index (χ1) is 12.5. The summed E-state index contributed by atoms with van der Waals surface area (Å²) in [6.07, 6.45) is 1.48. The van der Waals surface area contributed by atoms with Crippen LogP contribution in [0.4, 0.5) is 10.1 Å². The Balaban J connectivity index is 1.92. The summed E-state index contributed by atoms with van der Waals surface area (Å²) in [6, 6.07) is 10.6. The lowest BCUT2D eigenvalue weighted by Crippen LogP contribution is -2.30. The Hall–Kier alpha value is -3.05. The van der Waals surface area contributed by atoms with Crippen molar-refractivity contribution >= 4 is 29.3 Å². The zero-order valence-electron chi connectivity index (χ0n) is 13.7. The van der Waals surface area contributed by atoms with Crippen molar-refractivity contribution in [1.82, 2.24) is 5.32 Å². The van der Waals surface area contributed by atoms with E-state index in [1.165, 1.54) is 35.4 Å². The number of thioether (sulfide) groups is 1. The third-order valence-corrected chi connectivity index (χ3v) is 4.87. The summed E-state index contributed by atoms with van der Waals surface area (Å²) in [7, 11) is 0. The highest BCUT2D eigenvalue weighted by Crippen LogP contribution is 2.40. The van der Waals surface area contributed by atoms with Crippen LogP contribution in [0.5, 0.6) is 0 Å². The Labute approximate surface area is 153 Å². The largest absolute Gasteiger partial charge is 0.467 e. The molecular weight excluding hydrogens is 357 g/mol. The fraction of sp³-hybridized carbons (Fsp3) is 0.167. The number of amides is 2. The maximum Gasteiger partial charge on any atom is 0.265 e. The van der Waals surface area contributed by atoms with E-state index in [1.54, 1.807) is 19.1 Å². The number of carbonyl (C=O) groups excluding carboxylic acids is 2. The number of nitriles is 1. The highest BCUT2D eigenvalue weighted by Gasteiger charge is 2.38. The van der Waals surface area contributed by atoms with E-state index in [0.29, 0.717) is 11.4 Å². The first kappa shape index (κ1) is 17.8. The van der Waals surface area contributed by atoms with E-state index in [2.05, 4.69) is 5.32 Å². The molecule has 1 aliphatic rings. The number of nitrogens with one attached hydrogen (secondary N) is 1. The number of nitrogens with zero attached hydrogens (tertiary/aromatic N) is 2. The molecule has 1 atom stereocenters. The molecule has 1 aromatic heterocycles. The van der Waals surface area contributed by atoms with Crippen molar-refractivity contribution in [2.75, 3.05) is 4.90 Å². The smallest absolute Gasteiger partial charge is 0.265 e. The van der Waals surface area contributed by atoms with Crippen LogP contribution in [0, 0.1) is 17.1 Å². The topological polar surface area (TPSA) is 86.3 Å². The third kappa shape index (κ3) is 3.48. The normalized spacial score (nSPS) is 18.6. The summed E-state index contributed by atoms with van der Waals surface area (Å²) in [5.41, 5.74) is 0.221. The zero-order valence-corrected chi connectivity index (χ0v) is 14.5. The lowest BCUT2D eigenvalue weighted by Gasteiger charge is -2.18. The third-order valence-electron chi connectivity index (χ3n) is 3.70. The predicted molar refractivity (Wildman–Crippen MR) is 94.1 cm³/mol. The molecule has 1 N–H and O–H groups in total. The van der Waals surface area contributed by atoms with Crippen molar-refractivity contribution in [3.8, 4) is 6.07 Å². The molecule has 2 aromatic rings. The van der Waals surface area contributed by atoms with Crippen LogP contribution in [0.25, 0.3) is 0 Å². The van der Waals surface area contributed by atoms with Gasteiger partial charge >= 0.3 is 0 Å². The lowest BCUT2D eigenvalue weighted by atomic mass is 10.2. The zero-order chi connectivity index (χ0) is 18.7. The average Bonchev–Trinajstić information content (AvgIpc) is 3.24. The second-order valence-electron chi connectivity index (χ2n) is 5.46. The van der Waals surface area contributed by atoms with Gasteiger partial charge in [-0.05, 0) is 43.3 Å². The average molecular weight is 371 g/mol. The van der Waals surface area contributed by atoms with Crippen molar-refractivity contribution < 1.29 is 18.4 Å². The minimum Gasteiger partial charge on any atom is -0.467 e. The summed E-state index contributed by atoms with van der Waals surface area (Å²) in [6.45, 7) is 1.81. The SMILES string of the molecule is CC1S/C(=C(/C#N)C(=O)NCc2ccco2)N(c2ccc(F)cc2)C1=O. The van der Waals surface area contributed by atoms with Crippen LogP contribution in [0.1, 0.15) is 12.7 Å². The molecule has 1 unspecified atom stereocenters. The standard InChI is InChI=1S/C18H14FN3O3S/c1-11-17(24)22(13-6-4-12(19)5-7-13)18(26-11)15(9-20)16(23)21-10-14-3-2-8-25-14/h2-8,11H,10H2,1H3,(H,21,23)/b18-15-. The maximum atomic E-state index is 13.2. The Morgan fingerprint density at radius 1 is 1.38 bits per heavy atom. The molecule has 1 saturated heterocycles. The summed E-state index contributed by atoms with van der Waals surface area (Å²) < 4.78 is 18.3. The van der Waals surface area contributed by atoms with Crippen LogP contribution >= 0.6 is 11.8 Å². The van der Waals surface area contributed by atoms with Gasteiger partial charge in [-0.15, -0.1) is 0 Å². The van der Waals surface area contributed by atoms with Crippen molar-refractivity contribution in [3.05, 3.63) is 64.8 Å². The molecule has 1 aliphatic heterocycles. The van der Waals surface area contributed by atoms with Crippen LogP contribution in [0.15, 0.2) is 57.7 Å². The molecule has 132 valence electrons. The summed E-state index contributed by atoms with van der Waals surface area (Å²) in [4.78, 5) is 26.2. The van der Waals surface area contributed by atoms with Gasteiger partial charge in [0, 0.05) is 5.69 Å². The minimum absolute atomic E-state index is 0.120. The van der Waals surface area contributed by atoms with Gasteiger partial charge in [0.2, 0.25) is 5.91 Å². The molecule has 1 aromatic carbocycles. The number of hydrogen-bond acceptors (Lipinski definition) is 5. The molecule has 6 nitrogen and oxygen atoms in total. The lowest BCUT2D eigenvalue weighted by molar-refractivity contribution is -0.117. The molecule has 0 saturated carbocycles. The number of benzene rings is 1. The molecule has 1 fully saturated rings. The first-order valence-corrected chi connectivity index (χ1v) is 8.60. The summed E-state index contributed by atoms with van der Waals surface area (Å²) in [5.74, 6) is -0.786. The molecule has 26 heavy (non-hydrogen) atoms. The van der Waals surface area contributed by atoms with Crippen molar-refractivity contribution in [3.63, 3.8) is 0 Å². The molecule has 0 aliphatic carbocycles. The van der Waals surface area contributed by atoms with Gasteiger partial charge in [0.25, 0.3) is 5.91 Å². The monoisotopic (exact) mass is 371 g/mol. The van der Waals surface area contributed by atoms with Gasteiger partial charge in [0.05, 0.1) is 18.1 Å². The van der Waals surface area contributed by atoms with Gasteiger partial charge in [-0.2, -0.15) is 5.26 Å². The molecule has 2 amide bonds. The van der Waals surface area contributed by atoms with Gasteiger partial charge in [0.15, 0.2) is 0 Å². The molecule has 3 rings (SSSR count). The van der Waals surface area contributed by atoms with Crippen LogP contribution in [0.2, 0.25) is 0 Å². The minimum atomic E-state index is -0.611. The number of furan rings is 1. The Morgan fingerprint density at radius 2 is 2.12 bits per heavy atom. The van der Waals surface area contributed by atoms with Crippen LogP contribution in [-0.4, -0.2) is 17.1 Å². The van der Waals surface area contributed by atoms with E-state index in [9.17, 15) is 19.2 Å². The summed E-state index contributed by atoms with van der Waals surface area (Å²) in [5, 5.41) is 11.9. The van der Waals surface area contributed by atoms with E-state index >= 15 is 0 Å². The molecule has 8 heteroatoms. The number of rotatable bonds is 4. The quantitative estimate of drug-likeness (QED) is 0.660. The fourth-order valence-electron chi connectivity index (χ4n) is 2.42. The van der Waals surface area contributed by atoms with Crippen LogP contribution in [0.3, 0.4) is 0 Å². The van der Waals surface area contributed by atoms with Gasteiger partial charge in [0.1, 0.15) is 28.2 Å². The van der Waals surface area contributed by atoms with E-state index in [0.717, 1.165) is 11.8 Å². The van der Waals surface area contributed by atoms with Crippen LogP contribution in [-0.2, 0) is 16.1 Å². The highest BCUT2D eigenvalue weighted by atomic mass is 32.2. The van der Waals surface area contributed by atoms with Crippen molar-refractivity contribution in [2.45, 2.75) is 18.7 Å². The molecular formula is C18H14FN3O3S. The fourth-order valence-corrected chi connectivity index (χ4v) is 3.52. The van der Waals surface area contributed by atoms with E-state index in [-0.39, 0.29) is 23.1 Å². The van der Waals surface area contributed by atoms with Gasteiger partial charge < -0.3 is 9.73 Å². The van der Waals surface area contributed by atoms with Gasteiger partial charge in [-0.3, -0.25) is 14.5 Å². The number of halogens is 1. The highest BCUT2D eigenvalue weighted by molar-refractivity contribution is 8.05. The Bertz CT molecular complexity index is 901. The number of hydrogen-bond donors (Lipinski definition) is 1.